The van der Waals surface area contributed by atoms with Gasteiger partial charge in [-0.3, -0.25) is 9.36 Å². The van der Waals surface area contributed by atoms with E-state index >= 15 is 0 Å². The lowest BCUT2D eigenvalue weighted by atomic mass is 10.1. The number of rotatable bonds is 8. The number of carbonyl (C=O) groups excluding carboxylic acids is 1. The molecule has 2 aromatic carbocycles. The topological polar surface area (TPSA) is 67.2 Å². The number of fused-ring (bicyclic) bond motifs is 1. The first kappa shape index (κ1) is 24.5. The Balaban J connectivity index is 2.20. The van der Waals surface area contributed by atoms with Crippen LogP contribution in [0.2, 0.25) is 0 Å². The van der Waals surface area contributed by atoms with E-state index in [2.05, 4.69) is 12.2 Å². The number of aromatic nitrogens is 2. The summed E-state index contributed by atoms with van der Waals surface area (Å²) in [6.45, 7) is 10.7. The molecule has 1 aromatic heterocycles. The van der Waals surface area contributed by atoms with Gasteiger partial charge < -0.3 is 10.2 Å². The monoisotopic (exact) mass is 448 g/mol. The maximum absolute atomic E-state index is 13.7. The van der Waals surface area contributed by atoms with Crippen molar-refractivity contribution in [3.05, 3.63) is 70.8 Å². The van der Waals surface area contributed by atoms with Gasteiger partial charge in [-0.25, -0.2) is 9.78 Å². The van der Waals surface area contributed by atoms with Crippen molar-refractivity contribution >= 4 is 16.9 Å². The van der Waals surface area contributed by atoms with E-state index in [0.717, 1.165) is 24.9 Å². The van der Waals surface area contributed by atoms with Crippen LogP contribution in [0.15, 0.2) is 59.4 Å². The first-order valence-electron chi connectivity index (χ1n) is 11.9. The standard InChI is InChI=1S/C27H36N4O2/c1-6-8-14-19-30(26(33)29-27(3,4)5)23(7-2)24-28-22-18-13-12-17-21(22)25(32)31(24)20-15-10-9-11-16-20/h9-13,15-18,23H,6-8,14,19H2,1-5H3,(H,29,33). The average molecular weight is 449 g/mol. The van der Waals surface area contributed by atoms with Gasteiger partial charge in [0.2, 0.25) is 0 Å². The van der Waals surface area contributed by atoms with Crippen molar-refractivity contribution in [1.29, 1.82) is 0 Å². The Hall–Kier alpha value is -3.15. The highest BCUT2D eigenvalue weighted by molar-refractivity contribution is 5.78. The molecule has 0 fully saturated rings. The van der Waals surface area contributed by atoms with E-state index < -0.39 is 0 Å². The molecule has 0 saturated carbocycles. The molecule has 6 nitrogen and oxygen atoms in total. The molecule has 1 atom stereocenters. The van der Waals surface area contributed by atoms with Crippen LogP contribution in [0.5, 0.6) is 0 Å². The third-order valence-electron chi connectivity index (χ3n) is 5.62. The number of unbranched alkanes of at least 4 members (excludes halogenated alkanes) is 2. The van der Waals surface area contributed by atoms with Gasteiger partial charge in [-0.15, -0.1) is 0 Å². The maximum Gasteiger partial charge on any atom is 0.318 e. The summed E-state index contributed by atoms with van der Waals surface area (Å²) in [6.07, 6.45) is 3.63. The zero-order valence-corrected chi connectivity index (χ0v) is 20.5. The summed E-state index contributed by atoms with van der Waals surface area (Å²) in [5, 5.41) is 3.68. The predicted octanol–water partition coefficient (Wildman–Crippen LogP) is 5.84. The molecule has 1 N–H and O–H groups in total. The van der Waals surface area contributed by atoms with Crippen molar-refractivity contribution in [2.75, 3.05) is 6.54 Å². The van der Waals surface area contributed by atoms with Gasteiger partial charge in [0.25, 0.3) is 5.56 Å². The molecule has 33 heavy (non-hydrogen) atoms. The number of carbonyl (C=O) groups is 1. The highest BCUT2D eigenvalue weighted by Gasteiger charge is 2.30. The van der Waals surface area contributed by atoms with E-state index in [1.807, 2.05) is 81.1 Å². The average Bonchev–Trinajstić information content (AvgIpc) is 2.78. The van der Waals surface area contributed by atoms with Gasteiger partial charge in [-0.2, -0.15) is 0 Å². The van der Waals surface area contributed by atoms with E-state index in [4.69, 9.17) is 4.98 Å². The van der Waals surface area contributed by atoms with E-state index in [0.29, 0.717) is 29.7 Å². The number of benzene rings is 2. The van der Waals surface area contributed by atoms with Gasteiger partial charge in [-0.05, 0) is 57.9 Å². The van der Waals surface area contributed by atoms with Gasteiger partial charge in [0.05, 0.1) is 22.6 Å². The lowest BCUT2D eigenvalue weighted by Crippen LogP contribution is -2.50. The normalized spacial score (nSPS) is 12.5. The van der Waals surface area contributed by atoms with Crippen LogP contribution in [0.25, 0.3) is 16.6 Å². The lowest BCUT2D eigenvalue weighted by Gasteiger charge is -2.35. The number of nitrogens with one attached hydrogen (secondary N) is 1. The first-order valence-corrected chi connectivity index (χ1v) is 11.9. The fourth-order valence-corrected chi connectivity index (χ4v) is 4.07. The minimum Gasteiger partial charge on any atom is -0.333 e. The van der Waals surface area contributed by atoms with Crippen LogP contribution in [0.4, 0.5) is 4.79 Å². The first-order chi connectivity index (χ1) is 15.8. The molecule has 6 heteroatoms. The van der Waals surface area contributed by atoms with Crippen LogP contribution in [0, 0.1) is 0 Å². The smallest absolute Gasteiger partial charge is 0.318 e. The second-order valence-electron chi connectivity index (χ2n) is 9.47. The molecule has 0 aliphatic rings. The Morgan fingerprint density at radius 1 is 1.03 bits per heavy atom. The number of amides is 2. The summed E-state index contributed by atoms with van der Waals surface area (Å²) >= 11 is 0. The van der Waals surface area contributed by atoms with Gasteiger partial charge in [0.1, 0.15) is 5.82 Å². The summed E-state index contributed by atoms with van der Waals surface area (Å²) < 4.78 is 1.67. The Labute approximate surface area is 196 Å². The number of hydrogen-bond acceptors (Lipinski definition) is 3. The molecule has 2 amide bonds. The van der Waals surface area contributed by atoms with Crippen LogP contribution < -0.4 is 10.9 Å². The molecule has 0 bridgehead atoms. The van der Waals surface area contributed by atoms with Crippen molar-refractivity contribution in [2.45, 2.75) is 71.9 Å². The summed E-state index contributed by atoms with van der Waals surface area (Å²) in [7, 11) is 0. The van der Waals surface area contributed by atoms with E-state index in [9.17, 15) is 9.59 Å². The minimum absolute atomic E-state index is 0.120. The Bertz CT molecular complexity index is 1130. The predicted molar refractivity (Wildman–Crippen MR) is 135 cm³/mol. The highest BCUT2D eigenvalue weighted by atomic mass is 16.2. The molecule has 176 valence electrons. The van der Waals surface area contributed by atoms with Crippen molar-refractivity contribution in [3.8, 4) is 5.69 Å². The second-order valence-corrected chi connectivity index (χ2v) is 9.47. The SMILES string of the molecule is CCCCCN(C(=O)NC(C)(C)C)C(CC)c1nc2ccccc2c(=O)n1-c1ccccc1. The fourth-order valence-electron chi connectivity index (χ4n) is 4.07. The van der Waals surface area contributed by atoms with Crippen LogP contribution in [0.1, 0.15) is 72.2 Å². The van der Waals surface area contributed by atoms with E-state index in [-0.39, 0.29) is 23.2 Å². The van der Waals surface area contributed by atoms with E-state index in [1.54, 1.807) is 10.6 Å². The van der Waals surface area contributed by atoms with Crippen molar-refractivity contribution in [3.63, 3.8) is 0 Å². The summed E-state index contributed by atoms with van der Waals surface area (Å²) in [6, 6.07) is 16.5. The largest absolute Gasteiger partial charge is 0.333 e. The summed E-state index contributed by atoms with van der Waals surface area (Å²) in [4.78, 5) is 33.9. The van der Waals surface area contributed by atoms with Crippen LogP contribution >= 0.6 is 0 Å². The van der Waals surface area contributed by atoms with Crippen molar-refractivity contribution in [1.82, 2.24) is 19.8 Å². The number of para-hydroxylation sites is 2. The zero-order valence-electron chi connectivity index (χ0n) is 20.5. The molecule has 0 saturated heterocycles. The van der Waals surface area contributed by atoms with Crippen LogP contribution in [-0.4, -0.2) is 32.6 Å². The van der Waals surface area contributed by atoms with Gasteiger partial charge in [-0.1, -0.05) is 57.0 Å². The number of urea groups is 1. The van der Waals surface area contributed by atoms with Crippen molar-refractivity contribution in [2.24, 2.45) is 0 Å². The molecule has 0 aliphatic carbocycles. The quantitative estimate of drug-likeness (QED) is 0.440. The molecule has 3 aromatic rings. The maximum atomic E-state index is 13.7. The third-order valence-corrected chi connectivity index (χ3v) is 5.62. The molecule has 0 aliphatic heterocycles. The zero-order chi connectivity index (χ0) is 24.0. The molecule has 1 unspecified atom stereocenters. The van der Waals surface area contributed by atoms with Crippen molar-refractivity contribution < 1.29 is 4.79 Å². The number of nitrogens with zero attached hydrogens (tertiary/aromatic N) is 3. The molecular weight excluding hydrogens is 412 g/mol. The highest BCUT2D eigenvalue weighted by Crippen LogP contribution is 2.27. The van der Waals surface area contributed by atoms with E-state index in [1.165, 1.54) is 0 Å². The molecular formula is C27H36N4O2. The lowest BCUT2D eigenvalue weighted by molar-refractivity contribution is 0.158. The molecule has 3 rings (SSSR count). The minimum atomic E-state index is -0.367. The number of hydrogen-bond donors (Lipinski definition) is 1. The fraction of sp³-hybridized carbons (Fsp3) is 0.444. The van der Waals surface area contributed by atoms with Gasteiger partial charge in [0.15, 0.2) is 0 Å². The van der Waals surface area contributed by atoms with Crippen LogP contribution in [-0.2, 0) is 0 Å². The molecule has 1 heterocycles. The third kappa shape index (κ3) is 5.81. The Morgan fingerprint density at radius 3 is 2.33 bits per heavy atom. The Morgan fingerprint density at radius 2 is 1.70 bits per heavy atom. The molecule has 0 spiro atoms. The second kappa shape index (κ2) is 10.6. The van der Waals surface area contributed by atoms with Gasteiger partial charge in [0, 0.05) is 12.1 Å². The Kier molecular flexibility index (Phi) is 7.90. The summed E-state index contributed by atoms with van der Waals surface area (Å²) in [5.74, 6) is 0.591. The van der Waals surface area contributed by atoms with Gasteiger partial charge >= 0.3 is 6.03 Å². The molecule has 0 radical (unpaired) electrons. The summed E-state index contributed by atoms with van der Waals surface area (Å²) in [5.41, 5.74) is 0.908. The van der Waals surface area contributed by atoms with Crippen LogP contribution in [0.3, 0.4) is 0 Å².